The molecule has 0 saturated carbocycles. The van der Waals surface area contributed by atoms with Crippen LogP contribution in [-0.4, -0.2) is 44.3 Å². The summed E-state index contributed by atoms with van der Waals surface area (Å²) in [6.45, 7) is 0.459. The van der Waals surface area contributed by atoms with Crippen molar-refractivity contribution in [3.05, 3.63) is 41.6 Å². The third-order valence-electron chi connectivity index (χ3n) is 3.00. The van der Waals surface area contributed by atoms with Crippen molar-refractivity contribution in [2.75, 3.05) is 32.6 Å². The van der Waals surface area contributed by atoms with E-state index < -0.39 is 12.1 Å². The highest BCUT2D eigenvalue weighted by atomic mass is 16.5. The highest BCUT2D eigenvalue weighted by molar-refractivity contribution is 5.92. The second-order valence-electron chi connectivity index (χ2n) is 4.27. The Balaban J connectivity index is 2.20. The van der Waals surface area contributed by atoms with Crippen molar-refractivity contribution < 1.29 is 19.1 Å². The number of anilines is 1. The molecule has 1 aliphatic rings. The van der Waals surface area contributed by atoms with Crippen LogP contribution in [0, 0.1) is 0 Å². The van der Waals surface area contributed by atoms with E-state index in [1.54, 1.807) is 0 Å². The number of hydrogen-bond donors (Lipinski definition) is 1. The fourth-order valence-corrected chi connectivity index (χ4v) is 2.01. The molecule has 1 aromatic rings. The van der Waals surface area contributed by atoms with Gasteiger partial charge in [-0.15, -0.1) is 0 Å². The molecule has 0 atom stereocenters. The van der Waals surface area contributed by atoms with E-state index in [0.29, 0.717) is 11.3 Å². The van der Waals surface area contributed by atoms with Gasteiger partial charge >= 0.3 is 12.1 Å². The monoisotopic (exact) mass is 276 g/mol. The topological polar surface area (TPSA) is 67.9 Å². The van der Waals surface area contributed by atoms with Gasteiger partial charge in [-0.3, -0.25) is 4.90 Å². The van der Waals surface area contributed by atoms with Gasteiger partial charge < -0.3 is 14.8 Å². The Morgan fingerprint density at radius 1 is 1.10 bits per heavy atom. The van der Waals surface area contributed by atoms with Gasteiger partial charge in [0.05, 0.1) is 32.9 Å². The second-order valence-corrected chi connectivity index (χ2v) is 4.27. The summed E-state index contributed by atoms with van der Waals surface area (Å²) < 4.78 is 9.42. The minimum absolute atomic E-state index is 0.175. The molecule has 0 saturated heterocycles. The number of nitrogens with one attached hydrogen (secondary N) is 1. The zero-order valence-corrected chi connectivity index (χ0v) is 11.4. The van der Waals surface area contributed by atoms with Gasteiger partial charge in [-0.2, -0.15) is 0 Å². The summed E-state index contributed by atoms with van der Waals surface area (Å²) in [6, 6.07) is 9.42. The Bertz CT molecular complexity index is 539. The van der Waals surface area contributed by atoms with Crippen LogP contribution in [0.1, 0.15) is 0 Å². The zero-order chi connectivity index (χ0) is 14.5. The summed E-state index contributed by atoms with van der Waals surface area (Å²) in [4.78, 5) is 24.8. The number of esters is 1. The fraction of sp³-hybridized carbons (Fsp3) is 0.286. The van der Waals surface area contributed by atoms with E-state index in [1.165, 1.54) is 19.1 Å². The third-order valence-corrected chi connectivity index (χ3v) is 3.00. The predicted molar refractivity (Wildman–Crippen MR) is 73.1 cm³/mol. The first-order valence-corrected chi connectivity index (χ1v) is 6.11. The van der Waals surface area contributed by atoms with Crippen LogP contribution in [0.25, 0.3) is 0 Å². The van der Waals surface area contributed by atoms with Gasteiger partial charge in [-0.05, 0) is 12.1 Å². The van der Waals surface area contributed by atoms with Crippen molar-refractivity contribution in [3.63, 3.8) is 0 Å². The molecule has 0 radical (unpaired) electrons. The number of ether oxygens (including phenoxy) is 2. The number of carbonyl (C=O) groups is 2. The number of para-hydroxylation sites is 1. The maximum absolute atomic E-state index is 11.8. The molecule has 6 heteroatoms. The van der Waals surface area contributed by atoms with E-state index in [0.717, 1.165) is 5.69 Å². The van der Waals surface area contributed by atoms with Crippen LogP contribution in [0.3, 0.4) is 0 Å². The molecule has 1 heterocycles. The average molecular weight is 276 g/mol. The number of nitrogens with zero attached hydrogens (tertiary/aromatic N) is 1. The molecule has 2 rings (SSSR count). The Morgan fingerprint density at radius 2 is 1.80 bits per heavy atom. The number of methoxy groups -OCH3 is 2. The lowest BCUT2D eigenvalue weighted by Crippen LogP contribution is -2.30. The number of benzene rings is 1. The molecule has 1 amide bonds. The van der Waals surface area contributed by atoms with Gasteiger partial charge in [-0.25, -0.2) is 9.59 Å². The second kappa shape index (κ2) is 6.10. The molecule has 0 spiro atoms. The van der Waals surface area contributed by atoms with E-state index in [9.17, 15) is 9.59 Å². The molecular weight excluding hydrogens is 260 g/mol. The standard InChI is InChI=1S/C14H16N2O4/c1-19-13(17)11-8-16(14(18)20-2)9-12(11)15-10-6-4-3-5-7-10/h3-7,15H,8-9H2,1-2H3. The molecule has 106 valence electrons. The van der Waals surface area contributed by atoms with Gasteiger partial charge in [0.1, 0.15) is 0 Å². The smallest absolute Gasteiger partial charge is 0.410 e. The Hall–Kier alpha value is -2.50. The van der Waals surface area contributed by atoms with Crippen LogP contribution in [0.2, 0.25) is 0 Å². The van der Waals surface area contributed by atoms with Crippen molar-refractivity contribution in [3.8, 4) is 0 Å². The normalized spacial score (nSPS) is 14.2. The van der Waals surface area contributed by atoms with Crippen LogP contribution in [-0.2, 0) is 14.3 Å². The fourth-order valence-electron chi connectivity index (χ4n) is 2.01. The van der Waals surface area contributed by atoms with Crippen molar-refractivity contribution in [1.82, 2.24) is 4.90 Å². The number of rotatable bonds is 3. The van der Waals surface area contributed by atoms with Crippen molar-refractivity contribution in [1.29, 1.82) is 0 Å². The molecule has 0 aromatic heterocycles. The molecule has 6 nitrogen and oxygen atoms in total. The predicted octanol–water partition coefficient (Wildman–Crippen LogP) is 1.61. The van der Waals surface area contributed by atoms with Gasteiger partial charge in [0.2, 0.25) is 0 Å². The Morgan fingerprint density at radius 3 is 2.40 bits per heavy atom. The van der Waals surface area contributed by atoms with E-state index in [4.69, 9.17) is 4.74 Å². The SMILES string of the molecule is COC(=O)C1=C(Nc2ccccc2)CN(C(=O)OC)C1. The van der Waals surface area contributed by atoms with Crippen LogP contribution in [0.4, 0.5) is 10.5 Å². The van der Waals surface area contributed by atoms with E-state index in [2.05, 4.69) is 10.1 Å². The lowest BCUT2D eigenvalue weighted by molar-refractivity contribution is -0.136. The first-order valence-electron chi connectivity index (χ1n) is 6.11. The summed E-state index contributed by atoms with van der Waals surface area (Å²) in [5.74, 6) is -0.449. The maximum Gasteiger partial charge on any atom is 0.410 e. The van der Waals surface area contributed by atoms with Crippen LogP contribution in [0.15, 0.2) is 41.6 Å². The van der Waals surface area contributed by atoms with Crippen molar-refractivity contribution in [2.24, 2.45) is 0 Å². The van der Waals surface area contributed by atoms with Crippen molar-refractivity contribution >= 4 is 17.7 Å². The summed E-state index contributed by atoms with van der Waals surface area (Å²) in [5, 5.41) is 3.14. The lowest BCUT2D eigenvalue weighted by atomic mass is 10.2. The van der Waals surface area contributed by atoms with E-state index in [-0.39, 0.29) is 13.1 Å². The molecule has 20 heavy (non-hydrogen) atoms. The summed E-state index contributed by atoms with van der Waals surface area (Å²) in [7, 11) is 2.62. The van der Waals surface area contributed by atoms with Crippen LogP contribution in [0.5, 0.6) is 0 Å². The maximum atomic E-state index is 11.8. The highest BCUT2D eigenvalue weighted by Crippen LogP contribution is 2.21. The van der Waals surface area contributed by atoms with Crippen LogP contribution < -0.4 is 5.32 Å². The number of carbonyl (C=O) groups excluding carboxylic acids is 2. The first-order chi connectivity index (χ1) is 9.65. The molecule has 0 fully saturated rings. The highest BCUT2D eigenvalue weighted by Gasteiger charge is 2.31. The molecule has 1 aliphatic heterocycles. The van der Waals surface area contributed by atoms with Gasteiger partial charge in [-0.1, -0.05) is 18.2 Å². The number of amides is 1. The minimum Gasteiger partial charge on any atom is -0.466 e. The lowest BCUT2D eigenvalue weighted by Gasteiger charge is -2.14. The summed E-state index contributed by atoms with van der Waals surface area (Å²) in [6.07, 6.45) is -0.476. The van der Waals surface area contributed by atoms with E-state index in [1.807, 2.05) is 30.3 Å². The molecule has 0 aliphatic carbocycles. The third kappa shape index (κ3) is 2.90. The zero-order valence-electron chi connectivity index (χ0n) is 11.4. The quantitative estimate of drug-likeness (QED) is 0.849. The molecular formula is C14H16N2O4. The van der Waals surface area contributed by atoms with E-state index >= 15 is 0 Å². The van der Waals surface area contributed by atoms with Gasteiger partial charge in [0.25, 0.3) is 0 Å². The summed E-state index contributed by atoms with van der Waals surface area (Å²) in [5.41, 5.74) is 1.92. The van der Waals surface area contributed by atoms with Gasteiger partial charge in [0, 0.05) is 11.4 Å². The van der Waals surface area contributed by atoms with Gasteiger partial charge in [0.15, 0.2) is 0 Å². The first kappa shape index (κ1) is 13.9. The molecule has 1 N–H and O–H groups in total. The summed E-state index contributed by atoms with van der Waals surface area (Å²) >= 11 is 0. The molecule has 0 unspecified atom stereocenters. The molecule has 1 aromatic carbocycles. The number of hydrogen-bond acceptors (Lipinski definition) is 5. The Labute approximate surface area is 117 Å². The largest absolute Gasteiger partial charge is 0.466 e. The Kier molecular flexibility index (Phi) is 4.24. The molecule has 0 bridgehead atoms. The minimum atomic E-state index is -0.476. The van der Waals surface area contributed by atoms with Crippen molar-refractivity contribution in [2.45, 2.75) is 0 Å². The average Bonchev–Trinajstić information content (AvgIpc) is 2.90. The van der Waals surface area contributed by atoms with Crippen LogP contribution >= 0.6 is 0 Å².